The quantitative estimate of drug-likeness (QED) is 0.677. The lowest BCUT2D eigenvalue weighted by atomic mass is 10.0. The maximum Gasteiger partial charge on any atom is 0.322 e. The Balaban J connectivity index is 2.02. The monoisotopic (exact) mass is 355 g/mol. The molecule has 8 nitrogen and oxygen atoms in total. The number of carboxylic acid groups (broad SMARTS) is 1. The van der Waals surface area contributed by atoms with Crippen LogP contribution in [0, 0.1) is 0 Å². The molecule has 1 fully saturated rings. The van der Waals surface area contributed by atoms with E-state index < -0.39 is 16.0 Å². The lowest BCUT2D eigenvalue weighted by Gasteiger charge is -2.32. The van der Waals surface area contributed by atoms with Crippen molar-refractivity contribution >= 4 is 27.6 Å². The first-order chi connectivity index (χ1) is 11.3. The van der Waals surface area contributed by atoms with Gasteiger partial charge >= 0.3 is 5.97 Å². The number of benzene rings is 1. The number of rotatable bonds is 6. The normalized spacial score (nSPS) is 16.0. The number of sulfonamides is 1. The zero-order valence-corrected chi connectivity index (χ0v) is 14.2. The van der Waals surface area contributed by atoms with Gasteiger partial charge in [-0.3, -0.25) is 9.59 Å². The molecule has 132 valence electrons. The number of carboxylic acids is 1. The second kappa shape index (κ2) is 7.63. The number of piperidine rings is 1. The second-order valence-electron chi connectivity index (χ2n) is 5.75. The number of hydrogen-bond acceptors (Lipinski definition) is 5. The van der Waals surface area contributed by atoms with Gasteiger partial charge in [0.1, 0.15) is 6.54 Å². The molecule has 2 rings (SSSR count). The number of anilines is 1. The molecule has 1 aliphatic rings. The Morgan fingerprint density at radius 1 is 1.25 bits per heavy atom. The topological polar surface area (TPSA) is 116 Å². The lowest BCUT2D eigenvalue weighted by molar-refractivity contribution is -0.134. The molecular formula is C15H21N3O5S. The van der Waals surface area contributed by atoms with Crippen LogP contribution in [0.1, 0.15) is 23.2 Å². The van der Waals surface area contributed by atoms with Crippen molar-refractivity contribution in [1.82, 2.24) is 9.62 Å². The molecule has 3 N–H and O–H groups in total. The van der Waals surface area contributed by atoms with E-state index in [-0.39, 0.29) is 18.5 Å². The Kier molecular flexibility index (Phi) is 5.79. The first kappa shape index (κ1) is 18.2. The number of hydrogen-bond donors (Lipinski definition) is 3. The van der Waals surface area contributed by atoms with Gasteiger partial charge in [0, 0.05) is 24.8 Å². The van der Waals surface area contributed by atoms with Crippen molar-refractivity contribution in [3.05, 3.63) is 29.8 Å². The van der Waals surface area contributed by atoms with Crippen LogP contribution in [0.15, 0.2) is 24.3 Å². The molecule has 9 heteroatoms. The first-order valence-electron chi connectivity index (χ1n) is 7.57. The summed E-state index contributed by atoms with van der Waals surface area (Å²) in [4.78, 5) is 25.0. The van der Waals surface area contributed by atoms with Crippen molar-refractivity contribution < 1.29 is 23.1 Å². The summed E-state index contributed by atoms with van der Waals surface area (Å²) in [5.41, 5.74) is 0.884. The number of aliphatic carboxylic acids is 1. The molecule has 0 bridgehead atoms. The average molecular weight is 355 g/mol. The second-order valence-corrected chi connectivity index (χ2v) is 7.53. The third-order valence-electron chi connectivity index (χ3n) is 3.75. The fourth-order valence-electron chi connectivity index (χ4n) is 2.67. The maximum absolute atomic E-state index is 12.7. The van der Waals surface area contributed by atoms with Gasteiger partial charge in [0.2, 0.25) is 10.0 Å². The molecule has 0 aliphatic carbocycles. The Labute approximate surface area is 140 Å². The van der Waals surface area contributed by atoms with E-state index in [0.29, 0.717) is 37.2 Å². The molecule has 1 aliphatic heterocycles. The van der Waals surface area contributed by atoms with E-state index in [1.165, 1.54) is 0 Å². The highest BCUT2D eigenvalue weighted by Gasteiger charge is 2.26. The third kappa shape index (κ3) is 5.20. The summed E-state index contributed by atoms with van der Waals surface area (Å²) in [6.07, 6.45) is 2.21. The Morgan fingerprint density at radius 3 is 2.46 bits per heavy atom. The highest BCUT2D eigenvalue weighted by atomic mass is 32.2. The summed E-state index contributed by atoms with van der Waals surface area (Å²) in [7, 11) is -3.25. The van der Waals surface area contributed by atoms with Crippen LogP contribution in [0.4, 0.5) is 5.69 Å². The van der Waals surface area contributed by atoms with Crippen molar-refractivity contribution in [3.8, 4) is 0 Å². The van der Waals surface area contributed by atoms with Crippen LogP contribution in [0.2, 0.25) is 0 Å². The molecule has 0 saturated carbocycles. The number of carbonyl (C=O) groups excluding carboxylic acids is 1. The van der Waals surface area contributed by atoms with Crippen molar-refractivity contribution in [2.45, 2.75) is 18.9 Å². The van der Waals surface area contributed by atoms with Gasteiger partial charge in [0.15, 0.2) is 0 Å². The van der Waals surface area contributed by atoms with Gasteiger partial charge < -0.3 is 15.3 Å². The van der Waals surface area contributed by atoms with Crippen LogP contribution >= 0.6 is 0 Å². The minimum Gasteiger partial charge on any atom is -0.480 e. The molecule has 1 aromatic rings. The van der Waals surface area contributed by atoms with Gasteiger partial charge in [-0.25, -0.2) is 13.1 Å². The third-order valence-corrected chi connectivity index (χ3v) is 4.51. The standard InChI is InChI=1S/C15H21N3O5S/c1-24(22,23)17-11-6-8-18(9-7-11)15(21)12-4-2-3-5-13(12)16-10-14(19)20/h2-5,11,16-17H,6-10H2,1H3,(H,19,20). The predicted octanol–water partition coefficient (Wildman–Crippen LogP) is 0.337. The lowest BCUT2D eigenvalue weighted by Crippen LogP contribution is -2.46. The van der Waals surface area contributed by atoms with Gasteiger partial charge in [-0.05, 0) is 25.0 Å². The van der Waals surface area contributed by atoms with Crippen LogP contribution in [-0.2, 0) is 14.8 Å². The largest absolute Gasteiger partial charge is 0.480 e. The molecule has 1 saturated heterocycles. The van der Waals surface area contributed by atoms with Gasteiger partial charge in [-0.2, -0.15) is 0 Å². The van der Waals surface area contributed by atoms with Crippen molar-refractivity contribution in [3.63, 3.8) is 0 Å². The molecule has 24 heavy (non-hydrogen) atoms. The molecule has 0 unspecified atom stereocenters. The Bertz CT molecular complexity index is 712. The molecule has 0 spiro atoms. The number of para-hydroxylation sites is 1. The van der Waals surface area contributed by atoms with E-state index >= 15 is 0 Å². The summed E-state index contributed by atoms with van der Waals surface area (Å²) in [5.74, 6) is -1.20. The van der Waals surface area contributed by atoms with Crippen molar-refractivity contribution in [2.75, 3.05) is 31.2 Å². The zero-order valence-electron chi connectivity index (χ0n) is 13.4. The van der Waals surface area contributed by atoms with Crippen LogP contribution in [0.3, 0.4) is 0 Å². The van der Waals surface area contributed by atoms with Crippen LogP contribution in [0.25, 0.3) is 0 Å². The van der Waals surface area contributed by atoms with E-state index in [4.69, 9.17) is 5.11 Å². The summed E-state index contributed by atoms with van der Waals surface area (Å²) < 4.78 is 25.1. The van der Waals surface area contributed by atoms with Crippen molar-refractivity contribution in [2.24, 2.45) is 0 Å². The molecule has 0 aromatic heterocycles. The number of carbonyl (C=O) groups is 2. The smallest absolute Gasteiger partial charge is 0.322 e. The van der Waals surface area contributed by atoms with Crippen LogP contribution in [-0.4, -0.2) is 62.2 Å². The van der Waals surface area contributed by atoms with Crippen LogP contribution in [0.5, 0.6) is 0 Å². The van der Waals surface area contributed by atoms with E-state index in [1.807, 2.05) is 0 Å². The minimum absolute atomic E-state index is 0.163. The molecular weight excluding hydrogens is 334 g/mol. The highest BCUT2D eigenvalue weighted by molar-refractivity contribution is 7.88. The van der Waals surface area contributed by atoms with Gasteiger partial charge in [-0.15, -0.1) is 0 Å². The highest BCUT2D eigenvalue weighted by Crippen LogP contribution is 2.20. The van der Waals surface area contributed by atoms with Crippen molar-refractivity contribution in [1.29, 1.82) is 0 Å². The van der Waals surface area contributed by atoms with Gasteiger partial charge in [-0.1, -0.05) is 12.1 Å². The number of likely N-dealkylation sites (tertiary alicyclic amines) is 1. The summed E-state index contributed by atoms with van der Waals surface area (Å²) in [6, 6.07) is 6.59. The van der Waals surface area contributed by atoms with E-state index in [1.54, 1.807) is 29.2 Å². The van der Waals surface area contributed by atoms with E-state index in [9.17, 15) is 18.0 Å². The molecule has 1 aromatic carbocycles. The van der Waals surface area contributed by atoms with Gasteiger partial charge in [0.25, 0.3) is 5.91 Å². The Hall–Kier alpha value is -2.13. The molecule has 1 heterocycles. The predicted molar refractivity (Wildman–Crippen MR) is 89.5 cm³/mol. The number of amides is 1. The fourth-order valence-corrected chi connectivity index (χ4v) is 3.51. The Morgan fingerprint density at radius 2 is 1.88 bits per heavy atom. The SMILES string of the molecule is CS(=O)(=O)NC1CCN(C(=O)c2ccccc2NCC(=O)O)CC1. The summed E-state index contributed by atoms with van der Waals surface area (Å²) in [5, 5.41) is 11.5. The van der Waals surface area contributed by atoms with E-state index in [2.05, 4.69) is 10.0 Å². The zero-order chi connectivity index (χ0) is 17.7. The minimum atomic E-state index is -3.25. The number of nitrogens with one attached hydrogen (secondary N) is 2. The number of nitrogens with zero attached hydrogens (tertiary/aromatic N) is 1. The maximum atomic E-state index is 12.7. The first-order valence-corrected chi connectivity index (χ1v) is 9.46. The molecule has 0 atom stereocenters. The summed E-state index contributed by atoms with van der Waals surface area (Å²) in [6.45, 7) is 0.614. The molecule has 1 amide bonds. The fraction of sp³-hybridized carbons (Fsp3) is 0.467. The summed E-state index contributed by atoms with van der Waals surface area (Å²) >= 11 is 0. The van der Waals surface area contributed by atoms with Gasteiger partial charge in [0.05, 0.1) is 11.8 Å². The average Bonchev–Trinajstić information content (AvgIpc) is 2.52. The van der Waals surface area contributed by atoms with Crippen LogP contribution < -0.4 is 10.0 Å². The molecule has 0 radical (unpaired) electrons. The van der Waals surface area contributed by atoms with E-state index in [0.717, 1.165) is 6.26 Å².